The molecule has 0 aromatic rings. The SMILES string of the molecule is O=C1NC2=CCCOC[C@H]2O1. The molecule has 4 heteroatoms. The van der Waals surface area contributed by atoms with Gasteiger partial charge >= 0.3 is 6.09 Å². The summed E-state index contributed by atoms with van der Waals surface area (Å²) in [6.45, 7) is 1.18. The maximum atomic E-state index is 10.7. The van der Waals surface area contributed by atoms with Gasteiger partial charge in [0.05, 0.1) is 18.9 Å². The Balaban J connectivity index is 2.15. The molecule has 1 saturated heterocycles. The van der Waals surface area contributed by atoms with E-state index in [4.69, 9.17) is 9.47 Å². The Morgan fingerprint density at radius 1 is 1.64 bits per heavy atom. The molecule has 2 heterocycles. The number of nitrogens with one attached hydrogen (secondary N) is 1. The van der Waals surface area contributed by atoms with Gasteiger partial charge < -0.3 is 9.47 Å². The fourth-order valence-electron chi connectivity index (χ4n) is 1.21. The number of carbonyl (C=O) groups excluding carboxylic acids is 1. The Bertz CT molecular complexity index is 212. The molecule has 1 N–H and O–H groups in total. The van der Waals surface area contributed by atoms with Gasteiger partial charge in [0.15, 0.2) is 6.10 Å². The summed E-state index contributed by atoms with van der Waals surface area (Å²) >= 11 is 0. The van der Waals surface area contributed by atoms with Gasteiger partial charge in [-0.2, -0.15) is 0 Å². The Morgan fingerprint density at radius 3 is 3.45 bits per heavy atom. The van der Waals surface area contributed by atoms with Crippen molar-refractivity contribution in [3.05, 3.63) is 11.8 Å². The van der Waals surface area contributed by atoms with E-state index < -0.39 is 0 Å². The van der Waals surface area contributed by atoms with Crippen LogP contribution in [0.2, 0.25) is 0 Å². The van der Waals surface area contributed by atoms with Crippen LogP contribution in [0.5, 0.6) is 0 Å². The quantitative estimate of drug-likeness (QED) is 0.550. The van der Waals surface area contributed by atoms with Crippen LogP contribution in [-0.2, 0) is 9.47 Å². The van der Waals surface area contributed by atoms with Crippen LogP contribution in [0.4, 0.5) is 4.79 Å². The largest absolute Gasteiger partial charge is 0.437 e. The van der Waals surface area contributed by atoms with Crippen LogP contribution in [0, 0.1) is 0 Å². The van der Waals surface area contributed by atoms with Crippen molar-refractivity contribution in [2.24, 2.45) is 0 Å². The van der Waals surface area contributed by atoms with Crippen LogP contribution < -0.4 is 5.32 Å². The predicted octanol–water partition coefficient (Wildman–Crippen LogP) is 0.399. The van der Waals surface area contributed by atoms with Gasteiger partial charge in [-0.3, -0.25) is 5.32 Å². The molecule has 0 bridgehead atoms. The van der Waals surface area contributed by atoms with E-state index in [2.05, 4.69) is 5.32 Å². The van der Waals surface area contributed by atoms with Gasteiger partial charge in [0, 0.05) is 0 Å². The predicted molar refractivity (Wildman–Crippen MR) is 36.9 cm³/mol. The minimum Gasteiger partial charge on any atom is -0.437 e. The van der Waals surface area contributed by atoms with E-state index in [1.807, 2.05) is 6.08 Å². The second kappa shape index (κ2) is 2.54. The van der Waals surface area contributed by atoms with Gasteiger partial charge in [0.1, 0.15) is 0 Å². The molecule has 1 fully saturated rings. The highest BCUT2D eigenvalue weighted by atomic mass is 16.6. The summed E-state index contributed by atoms with van der Waals surface area (Å²) in [6.07, 6.45) is 2.23. The van der Waals surface area contributed by atoms with Crippen molar-refractivity contribution < 1.29 is 14.3 Å². The Labute approximate surface area is 64.2 Å². The highest BCUT2D eigenvalue weighted by Crippen LogP contribution is 2.15. The van der Waals surface area contributed by atoms with Crippen LogP contribution in [0.15, 0.2) is 11.8 Å². The van der Waals surface area contributed by atoms with E-state index in [1.54, 1.807) is 0 Å². The zero-order valence-electron chi connectivity index (χ0n) is 6.00. The normalized spacial score (nSPS) is 29.6. The van der Waals surface area contributed by atoms with E-state index in [-0.39, 0.29) is 12.2 Å². The number of hydrogen-bond donors (Lipinski definition) is 1. The average molecular weight is 155 g/mol. The van der Waals surface area contributed by atoms with E-state index >= 15 is 0 Å². The smallest absolute Gasteiger partial charge is 0.412 e. The number of alkyl carbamates (subject to hydrolysis) is 1. The molecule has 1 amide bonds. The molecule has 2 aliphatic rings. The molecule has 0 unspecified atom stereocenters. The van der Waals surface area contributed by atoms with E-state index in [1.165, 1.54) is 0 Å². The lowest BCUT2D eigenvalue weighted by atomic mass is 10.2. The number of amides is 1. The minimum absolute atomic E-state index is 0.190. The standard InChI is InChI=1S/C7H9NO3/c9-7-8-5-2-1-3-10-4-6(5)11-7/h2,6H,1,3-4H2,(H,8,9)/t6-/m1/s1. The van der Waals surface area contributed by atoms with Crippen molar-refractivity contribution >= 4 is 6.09 Å². The molecule has 4 nitrogen and oxygen atoms in total. The first-order valence-electron chi connectivity index (χ1n) is 3.62. The second-order valence-corrected chi connectivity index (χ2v) is 2.54. The third-order valence-corrected chi connectivity index (χ3v) is 1.74. The Morgan fingerprint density at radius 2 is 2.55 bits per heavy atom. The minimum atomic E-state index is -0.369. The molecule has 2 aliphatic heterocycles. The average Bonchev–Trinajstić information content (AvgIpc) is 2.17. The second-order valence-electron chi connectivity index (χ2n) is 2.54. The van der Waals surface area contributed by atoms with E-state index in [0.717, 1.165) is 12.1 Å². The molecule has 11 heavy (non-hydrogen) atoms. The monoisotopic (exact) mass is 155 g/mol. The van der Waals surface area contributed by atoms with Crippen molar-refractivity contribution in [3.63, 3.8) is 0 Å². The molecule has 0 aromatic heterocycles. The summed E-state index contributed by atoms with van der Waals surface area (Å²) in [5, 5.41) is 2.62. The van der Waals surface area contributed by atoms with Crippen LogP contribution >= 0.6 is 0 Å². The fourth-order valence-corrected chi connectivity index (χ4v) is 1.21. The first-order chi connectivity index (χ1) is 5.36. The van der Waals surface area contributed by atoms with Gasteiger partial charge in [0.2, 0.25) is 0 Å². The summed E-state index contributed by atoms with van der Waals surface area (Å²) in [4.78, 5) is 10.7. The molecule has 0 spiro atoms. The lowest BCUT2D eigenvalue weighted by Gasteiger charge is -2.05. The molecule has 0 aliphatic carbocycles. The first kappa shape index (κ1) is 6.67. The first-order valence-corrected chi connectivity index (χ1v) is 3.62. The van der Waals surface area contributed by atoms with Gasteiger partial charge in [-0.05, 0) is 6.42 Å². The van der Waals surface area contributed by atoms with Gasteiger partial charge in [-0.25, -0.2) is 4.79 Å². The summed E-state index contributed by atoms with van der Waals surface area (Å²) in [5.74, 6) is 0. The molecule has 2 rings (SSSR count). The lowest BCUT2D eigenvalue weighted by molar-refractivity contribution is 0.0600. The third-order valence-electron chi connectivity index (χ3n) is 1.74. The number of ether oxygens (including phenoxy) is 2. The lowest BCUT2D eigenvalue weighted by Crippen LogP contribution is -2.16. The maximum absolute atomic E-state index is 10.7. The van der Waals surface area contributed by atoms with Crippen molar-refractivity contribution in [1.82, 2.24) is 5.32 Å². The molecule has 60 valence electrons. The van der Waals surface area contributed by atoms with Gasteiger partial charge in [-0.15, -0.1) is 0 Å². The number of fused-ring (bicyclic) bond motifs is 1. The van der Waals surface area contributed by atoms with E-state index in [9.17, 15) is 4.79 Å². The van der Waals surface area contributed by atoms with Crippen molar-refractivity contribution in [3.8, 4) is 0 Å². The highest BCUT2D eigenvalue weighted by molar-refractivity contribution is 5.73. The van der Waals surface area contributed by atoms with E-state index in [0.29, 0.717) is 13.2 Å². The fraction of sp³-hybridized carbons (Fsp3) is 0.571. The Kier molecular flexibility index (Phi) is 1.54. The van der Waals surface area contributed by atoms with Crippen molar-refractivity contribution in [2.75, 3.05) is 13.2 Å². The zero-order valence-corrected chi connectivity index (χ0v) is 6.00. The topological polar surface area (TPSA) is 47.6 Å². The molecular weight excluding hydrogens is 146 g/mol. The van der Waals surface area contributed by atoms with Gasteiger partial charge in [0.25, 0.3) is 0 Å². The van der Waals surface area contributed by atoms with Gasteiger partial charge in [-0.1, -0.05) is 6.08 Å². The molecular formula is C7H9NO3. The zero-order chi connectivity index (χ0) is 7.68. The molecule has 1 atom stereocenters. The van der Waals surface area contributed by atoms with Crippen LogP contribution in [0.25, 0.3) is 0 Å². The molecule has 0 radical (unpaired) electrons. The van der Waals surface area contributed by atoms with Crippen LogP contribution in [-0.4, -0.2) is 25.4 Å². The Hall–Kier alpha value is -1.03. The van der Waals surface area contributed by atoms with Crippen LogP contribution in [0.3, 0.4) is 0 Å². The number of hydrogen-bond acceptors (Lipinski definition) is 3. The van der Waals surface area contributed by atoms with Crippen molar-refractivity contribution in [2.45, 2.75) is 12.5 Å². The summed E-state index contributed by atoms with van der Waals surface area (Å²) in [7, 11) is 0. The highest BCUT2D eigenvalue weighted by Gasteiger charge is 2.29. The third kappa shape index (κ3) is 1.21. The summed E-state index contributed by atoms with van der Waals surface area (Å²) in [6, 6.07) is 0. The molecule has 0 aromatic carbocycles. The molecule has 0 saturated carbocycles. The maximum Gasteiger partial charge on any atom is 0.412 e. The number of carbonyl (C=O) groups is 1. The summed E-state index contributed by atoms with van der Waals surface area (Å²) in [5.41, 5.74) is 0.854. The summed E-state index contributed by atoms with van der Waals surface area (Å²) < 4.78 is 10.1. The van der Waals surface area contributed by atoms with Crippen LogP contribution in [0.1, 0.15) is 6.42 Å². The van der Waals surface area contributed by atoms with Crippen molar-refractivity contribution in [1.29, 1.82) is 0 Å². The number of rotatable bonds is 0.